The highest BCUT2D eigenvalue weighted by molar-refractivity contribution is 5.78. The predicted octanol–water partition coefficient (Wildman–Crippen LogP) is 2.87. The van der Waals surface area contributed by atoms with Crippen LogP contribution in [0.5, 0.6) is 0 Å². The van der Waals surface area contributed by atoms with E-state index in [0.717, 1.165) is 38.5 Å². The van der Waals surface area contributed by atoms with Crippen molar-refractivity contribution in [2.45, 2.75) is 71.3 Å². The lowest BCUT2D eigenvalue weighted by atomic mass is 9.84. The Morgan fingerprint density at radius 3 is 2.39 bits per heavy atom. The zero-order chi connectivity index (χ0) is 13.4. The molecule has 1 saturated carbocycles. The number of carbonyl (C=O) groups excluding carboxylic acids is 1. The highest BCUT2D eigenvalue weighted by atomic mass is 16.3. The minimum atomic E-state index is 0.168. The van der Waals surface area contributed by atoms with E-state index in [1.54, 1.807) is 0 Å². The van der Waals surface area contributed by atoms with Crippen LogP contribution in [0.25, 0.3) is 0 Å². The summed E-state index contributed by atoms with van der Waals surface area (Å²) in [5, 5.41) is 12.6. The Morgan fingerprint density at radius 2 is 1.83 bits per heavy atom. The van der Waals surface area contributed by atoms with E-state index in [-0.39, 0.29) is 30.4 Å². The van der Waals surface area contributed by atoms with Gasteiger partial charge >= 0.3 is 0 Å². The van der Waals surface area contributed by atoms with Gasteiger partial charge in [0.25, 0.3) is 0 Å². The first-order valence-corrected chi connectivity index (χ1v) is 7.64. The van der Waals surface area contributed by atoms with Crippen LogP contribution < -0.4 is 5.32 Å². The Morgan fingerprint density at radius 1 is 1.22 bits per heavy atom. The van der Waals surface area contributed by atoms with Crippen molar-refractivity contribution in [1.82, 2.24) is 5.32 Å². The zero-order valence-electron chi connectivity index (χ0n) is 12.0. The van der Waals surface area contributed by atoms with Crippen LogP contribution in [0.3, 0.4) is 0 Å². The van der Waals surface area contributed by atoms with Crippen molar-refractivity contribution < 1.29 is 9.90 Å². The van der Waals surface area contributed by atoms with Crippen molar-refractivity contribution in [1.29, 1.82) is 0 Å². The first kappa shape index (κ1) is 15.5. The summed E-state index contributed by atoms with van der Waals surface area (Å²) in [6, 6.07) is 0.201. The molecule has 1 amide bonds. The standard InChI is InChI=1S/C15H29NO2/c1-3-7-12(8-4-2)15(18)16-14-10-6-5-9-13(14)11-17/h12-14,17H,3-11H2,1-2H3,(H,16,18). The van der Waals surface area contributed by atoms with Gasteiger partial charge in [-0.2, -0.15) is 0 Å². The lowest BCUT2D eigenvalue weighted by Gasteiger charge is -2.32. The molecule has 106 valence electrons. The molecule has 0 aromatic carbocycles. The first-order chi connectivity index (χ1) is 8.72. The van der Waals surface area contributed by atoms with Gasteiger partial charge in [-0.05, 0) is 25.7 Å². The molecule has 2 unspecified atom stereocenters. The molecule has 2 N–H and O–H groups in total. The van der Waals surface area contributed by atoms with Crippen LogP contribution in [0.2, 0.25) is 0 Å². The van der Waals surface area contributed by atoms with Crippen molar-refractivity contribution in [2.24, 2.45) is 11.8 Å². The van der Waals surface area contributed by atoms with Crippen LogP contribution in [0, 0.1) is 11.8 Å². The van der Waals surface area contributed by atoms with Gasteiger partial charge in [0.2, 0.25) is 5.91 Å². The summed E-state index contributed by atoms with van der Waals surface area (Å²) in [6.07, 6.45) is 8.53. The predicted molar refractivity (Wildman–Crippen MR) is 74.3 cm³/mol. The minimum Gasteiger partial charge on any atom is -0.396 e. The zero-order valence-corrected chi connectivity index (χ0v) is 12.0. The molecule has 0 saturated heterocycles. The molecule has 3 nitrogen and oxygen atoms in total. The van der Waals surface area contributed by atoms with Gasteiger partial charge in [-0.15, -0.1) is 0 Å². The number of aliphatic hydroxyl groups is 1. The molecule has 1 rings (SSSR count). The van der Waals surface area contributed by atoms with Gasteiger partial charge in [0.1, 0.15) is 0 Å². The molecule has 3 heteroatoms. The van der Waals surface area contributed by atoms with Crippen molar-refractivity contribution in [3.8, 4) is 0 Å². The summed E-state index contributed by atoms with van der Waals surface area (Å²) in [5.74, 6) is 0.650. The van der Waals surface area contributed by atoms with Gasteiger partial charge in [-0.3, -0.25) is 4.79 Å². The highest BCUT2D eigenvalue weighted by Gasteiger charge is 2.27. The summed E-state index contributed by atoms with van der Waals surface area (Å²) in [4.78, 5) is 12.3. The largest absolute Gasteiger partial charge is 0.396 e. The minimum absolute atomic E-state index is 0.168. The third kappa shape index (κ3) is 4.60. The lowest BCUT2D eigenvalue weighted by molar-refractivity contribution is -0.127. The fourth-order valence-electron chi connectivity index (χ4n) is 3.02. The quantitative estimate of drug-likeness (QED) is 0.735. The van der Waals surface area contributed by atoms with Gasteiger partial charge in [0.15, 0.2) is 0 Å². The number of hydrogen-bond acceptors (Lipinski definition) is 2. The van der Waals surface area contributed by atoms with Gasteiger partial charge in [0.05, 0.1) is 0 Å². The van der Waals surface area contributed by atoms with E-state index >= 15 is 0 Å². The van der Waals surface area contributed by atoms with Crippen LogP contribution in [-0.4, -0.2) is 23.7 Å². The van der Waals surface area contributed by atoms with Crippen LogP contribution >= 0.6 is 0 Å². The summed E-state index contributed by atoms with van der Waals surface area (Å²) < 4.78 is 0. The molecule has 0 aromatic rings. The smallest absolute Gasteiger partial charge is 0.223 e. The molecular weight excluding hydrogens is 226 g/mol. The summed E-state index contributed by atoms with van der Waals surface area (Å²) >= 11 is 0. The average molecular weight is 255 g/mol. The van der Waals surface area contributed by atoms with E-state index in [0.29, 0.717) is 0 Å². The molecule has 0 bridgehead atoms. The van der Waals surface area contributed by atoms with Gasteiger partial charge < -0.3 is 10.4 Å². The number of rotatable bonds is 7. The SMILES string of the molecule is CCCC(CCC)C(=O)NC1CCCCC1CO. The maximum Gasteiger partial charge on any atom is 0.223 e. The van der Waals surface area contributed by atoms with E-state index < -0.39 is 0 Å². The van der Waals surface area contributed by atoms with E-state index in [4.69, 9.17) is 0 Å². The third-order valence-electron chi connectivity index (χ3n) is 4.12. The molecule has 2 atom stereocenters. The second-order valence-corrected chi connectivity index (χ2v) is 5.62. The van der Waals surface area contributed by atoms with Crippen molar-refractivity contribution in [3.63, 3.8) is 0 Å². The molecule has 0 heterocycles. The lowest BCUT2D eigenvalue weighted by Crippen LogP contribution is -2.45. The Balaban J connectivity index is 2.49. The van der Waals surface area contributed by atoms with Crippen molar-refractivity contribution in [2.75, 3.05) is 6.61 Å². The van der Waals surface area contributed by atoms with Gasteiger partial charge in [0, 0.05) is 24.5 Å². The van der Waals surface area contributed by atoms with E-state index in [1.165, 1.54) is 12.8 Å². The normalized spacial score (nSPS) is 24.2. The first-order valence-electron chi connectivity index (χ1n) is 7.64. The summed E-state index contributed by atoms with van der Waals surface area (Å²) in [6.45, 7) is 4.47. The molecule has 1 aliphatic carbocycles. The van der Waals surface area contributed by atoms with Crippen LogP contribution in [0.4, 0.5) is 0 Å². The fraction of sp³-hybridized carbons (Fsp3) is 0.933. The molecule has 1 aliphatic rings. The second kappa shape index (κ2) is 8.52. The average Bonchev–Trinajstić information content (AvgIpc) is 2.39. The number of carbonyl (C=O) groups is 1. The molecule has 0 aliphatic heterocycles. The maximum absolute atomic E-state index is 12.3. The third-order valence-corrected chi connectivity index (χ3v) is 4.12. The second-order valence-electron chi connectivity index (χ2n) is 5.62. The topological polar surface area (TPSA) is 49.3 Å². The Labute approximate surface area is 111 Å². The maximum atomic E-state index is 12.3. The van der Waals surface area contributed by atoms with E-state index in [1.807, 2.05) is 0 Å². The number of hydrogen-bond donors (Lipinski definition) is 2. The Bertz CT molecular complexity index is 237. The number of amides is 1. The van der Waals surface area contributed by atoms with Crippen LogP contribution in [0.15, 0.2) is 0 Å². The van der Waals surface area contributed by atoms with Crippen molar-refractivity contribution >= 4 is 5.91 Å². The number of aliphatic hydroxyl groups excluding tert-OH is 1. The van der Waals surface area contributed by atoms with Gasteiger partial charge in [-0.25, -0.2) is 0 Å². The van der Waals surface area contributed by atoms with Gasteiger partial charge in [-0.1, -0.05) is 39.5 Å². The summed E-state index contributed by atoms with van der Waals surface area (Å²) in [7, 11) is 0. The Kier molecular flexibility index (Phi) is 7.33. The molecular formula is C15H29NO2. The fourth-order valence-corrected chi connectivity index (χ4v) is 3.02. The van der Waals surface area contributed by atoms with E-state index in [9.17, 15) is 9.90 Å². The molecule has 1 fully saturated rings. The van der Waals surface area contributed by atoms with E-state index in [2.05, 4.69) is 19.2 Å². The monoisotopic (exact) mass is 255 g/mol. The molecule has 0 spiro atoms. The molecule has 0 radical (unpaired) electrons. The highest BCUT2D eigenvalue weighted by Crippen LogP contribution is 2.25. The molecule has 18 heavy (non-hydrogen) atoms. The van der Waals surface area contributed by atoms with Crippen LogP contribution in [0.1, 0.15) is 65.2 Å². The number of nitrogens with one attached hydrogen (secondary N) is 1. The summed E-state index contributed by atoms with van der Waals surface area (Å²) in [5.41, 5.74) is 0. The van der Waals surface area contributed by atoms with Crippen LogP contribution in [-0.2, 0) is 4.79 Å². The molecule has 0 aromatic heterocycles. The Hall–Kier alpha value is -0.570. The van der Waals surface area contributed by atoms with Crippen molar-refractivity contribution in [3.05, 3.63) is 0 Å².